The van der Waals surface area contributed by atoms with E-state index in [-0.39, 0.29) is 0 Å². The molecule has 14 heavy (non-hydrogen) atoms. The molecule has 0 aliphatic rings. The summed E-state index contributed by atoms with van der Waals surface area (Å²) in [6.07, 6.45) is 4.28. The maximum absolute atomic E-state index is 2.47. The molecule has 4 unspecified atom stereocenters. The van der Waals surface area contributed by atoms with Crippen molar-refractivity contribution in [3.05, 3.63) is 0 Å². The maximum Gasteiger partial charge on any atom is 0.00829 e. The summed E-state index contributed by atoms with van der Waals surface area (Å²) in [7, 11) is 1.84. The van der Waals surface area contributed by atoms with Crippen LogP contribution in [0.25, 0.3) is 0 Å². The normalized spacial score (nSPS) is 21.2. The summed E-state index contributed by atoms with van der Waals surface area (Å²) in [5, 5.41) is 0. The Morgan fingerprint density at radius 1 is 0.929 bits per heavy atom. The molecule has 0 nitrogen and oxygen atoms in total. The topological polar surface area (TPSA) is 0 Å². The van der Waals surface area contributed by atoms with E-state index in [1.807, 2.05) is 0 Å². The number of hydrogen-bond acceptors (Lipinski definition) is 0. The molecule has 0 spiro atoms. The molecule has 0 saturated heterocycles. The molecule has 0 amide bonds. The molecule has 2 heteroatoms. The summed E-state index contributed by atoms with van der Waals surface area (Å²) in [4.78, 5) is 0. The van der Waals surface area contributed by atoms with Crippen molar-refractivity contribution in [2.75, 3.05) is 0 Å². The van der Waals surface area contributed by atoms with Crippen LogP contribution in [0.1, 0.15) is 53.9 Å². The van der Waals surface area contributed by atoms with Gasteiger partial charge in [0.25, 0.3) is 0 Å². The Kier molecular flexibility index (Phi) is 7.93. The summed E-state index contributed by atoms with van der Waals surface area (Å²) in [6, 6.07) is 0. The third kappa shape index (κ3) is 4.78. The average Bonchev–Trinajstić information content (AvgIpc) is 2.22. The van der Waals surface area contributed by atoms with E-state index in [9.17, 15) is 0 Å². The molecular weight excluding hydrogens is 200 g/mol. The molecule has 0 heterocycles. The van der Waals surface area contributed by atoms with Crippen LogP contribution in [0.5, 0.6) is 0 Å². The largest absolute Gasteiger partial charge is 0.0651 e. The predicted molar refractivity (Wildman–Crippen MR) is 74.9 cm³/mol. The highest BCUT2D eigenvalue weighted by Crippen LogP contribution is 2.31. The third-order valence-corrected chi connectivity index (χ3v) is 9.60. The van der Waals surface area contributed by atoms with Crippen LogP contribution in [0.2, 0.25) is 5.54 Å². The molecule has 0 aromatic carbocycles. The Bertz CT molecular complexity index is 136. The lowest BCUT2D eigenvalue weighted by atomic mass is 9.86. The van der Waals surface area contributed by atoms with Crippen molar-refractivity contribution in [1.29, 1.82) is 0 Å². The van der Waals surface area contributed by atoms with Crippen LogP contribution >= 0.6 is 0 Å². The van der Waals surface area contributed by atoms with E-state index in [0.29, 0.717) is 9.04 Å². The van der Waals surface area contributed by atoms with Crippen molar-refractivity contribution < 1.29 is 0 Å². The SMILES string of the molecule is CCC(C)C(C)CC([SiH2][SiH3])C(C)CC. The Hall–Kier alpha value is 0.434. The molecule has 4 atom stereocenters. The van der Waals surface area contributed by atoms with Crippen molar-refractivity contribution in [3.63, 3.8) is 0 Å². The molecule has 86 valence electrons. The van der Waals surface area contributed by atoms with E-state index in [4.69, 9.17) is 0 Å². The maximum atomic E-state index is 2.47. The van der Waals surface area contributed by atoms with Gasteiger partial charge >= 0.3 is 0 Å². The molecule has 0 aliphatic carbocycles. The number of rotatable bonds is 7. The summed E-state index contributed by atoms with van der Waals surface area (Å²) < 4.78 is 0. The average molecular weight is 231 g/mol. The van der Waals surface area contributed by atoms with Gasteiger partial charge in [0.1, 0.15) is 0 Å². The second-order valence-electron chi connectivity index (χ2n) is 5.15. The first kappa shape index (κ1) is 14.4. The van der Waals surface area contributed by atoms with Gasteiger partial charge in [0.2, 0.25) is 0 Å². The fourth-order valence-electron chi connectivity index (χ4n) is 2.25. The highest BCUT2D eigenvalue weighted by atomic mass is 29.1. The van der Waals surface area contributed by atoms with Crippen molar-refractivity contribution in [2.45, 2.75) is 59.4 Å². The van der Waals surface area contributed by atoms with Crippen LogP contribution in [-0.2, 0) is 0 Å². The molecule has 0 radical (unpaired) electrons. The molecular formula is C12H30Si2. The molecule has 0 bridgehead atoms. The lowest BCUT2D eigenvalue weighted by Gasteiger charge is -2.27. The van der Waals surface area contributed by atoms with Gasteiger partial charge in [0.15, 0.2) is 0 Å². The summed E-state index contributed by atoms with van der Waals surface area (Å²) in [5.74, 6) is 2.90. The Balaban J connectivity index is 4.03. The second-order valence-corrected chi connectivity index (χ2v) is 9.47. The second kappa shape index (κ2) is 7.69. The van der Waals surface area contributed by atoms with Crippen molar-refractivity contribution in [3.8, 4) is 0 Å². The lowest BCUT2D eigenvalue weighted by molar-refractivity contribution is 0.322. The fourth-order valence-corrected chi connectivity index (χ4v) is 7.66. The van der Waals surface area contributed by atoms with Gasteiger partial charge in [-0.15, -0.1) is 0 Å². The number of hydrogen-bond donors (Lipinski definition) is 0. The van der Waals surface area contributed by atoms with Gasteiger partial charge in [0.05, 0.1) is 0 Å². The molecule has 0 saturated carbocycles. The minimum Gasteiger partial charge on any atom is -0.0651 e. The standard InChI is InChI=1S/C12H30Si2/c1-6-9(3)11(5)8-12(14-13)10(4)7-2/h9-12H,6-8,14H2,1-5,13H3. The van der Waals surface area contributed by atoms with Gasteiger partial charge < -0.3 is 0 Å². The smallest absolute Gasteiger partial charge is 0.00829 e. The Morgan fingerprint density at radius 2 is 1.43 bits per heavy atom. The van der Waals surface area contributed by atoms with Gasteiger partial charge in [-0.25, -0.2) is 0 Å². The van der Waals surface area contributed by atoms with Gasteiger partial charge in [-0.1, -0.05) is 59.4 Å². The van der Waals surface area contributed by atoms with Gasteiger partial charge in [-0.3, -0.25) is 0 Å². The first-order valence-electron chi connectivity index (χ1n) is 6.56. The van der Waals surface area contributed by atoms with Gasteiger partial charge in [-0.2, -0.15) is 0 Å². The molecule has 0 rings (SSSR count). The van der Waals surface area contributed by atoms with E-state index >= 15 is 0 Å². The van der Waals surface area contributed by atoms with Crippen LogP contribution in [0.4, 0.5) is 0 Å². The highest BCUT2D eigenvalue weighted by molar-refractivity contribution is 6.90. The minimum atomic E-state index is 0.326. The quantitative estimate of drug-likeness (QED) is 0.589. The summed E-state index contributed by atoms with van der Waals surface area (Å²) in [5.41, 5.74) is 1.15. The predicted octanol–water partition coefficient (Wildman–Crippen LogP) is 2.34. The zero-order chi connectivity index (χ0) is 11.1. The fraction of sp³-hybridized carbons (Fsp3) is 1.00. The summed E-state index contributed by atoms with van der Waals surface area (Å²) >= 11 is 0. The molecule has 0 N–H and O–H groups in total. The van der Waals surface area contributed by atoms with E-state index in [0.717, 1.165) is 23.3 Å². The monoisotopic (exact) mass is 230 g/mol. The molecule has 0 aliphatic heterocycles. The van der Waals surface area contributed by atoms with Crippen LogP contribution in [0, 0.1) is 17.8 Å². The highest BCUT2D eigenvalue weighted by Gasteiger charge is 2.19. The third-order valence-electron chi connectivity index (χ3n) is 4.26. The van der Waals surface area contributed by atoms with Crippen molar-refractivity contribution in [1.82, 2.24) is 0 Å². The van der Waals surface area contributed by atoms with E-state index in [1.165, 1.54) is 29.0 Å². The molecule has 0 aromatic heterocycles. The van der Waals surface area contributed by atoms with Crippen LogP contribution < -0.4 is 0 Å². The molecule has 0 fully saturated rings. The van der Waals surface area contributed by atoms with Gasteiger partial charge in [-0.05, 0) is 27.5 Å². The Morgan fingerprint density at radius 3 is 1.79 bits per heavy atom. The first-order chi connectivity index (χ1) is 6.56. The lowest BCUT2D eigenvalue weighted by Crippen LogP contribution is -2.18. The van der Waals surface area contributed by atoms with Crippen molar-refractivity contribution >= 4 is 18.8 Å². The van der Waals surface area contributed by atoms with Gasteiger partial charge in [0, 0.05) is 9.04 Å². The van der Waals surface area contributed by atoms with Crippen LogP contribution in [-0.4, -0.2) is 18.8 Å². The van der Waals surface area contributed by atoms with Crippen LogP contribution in [0.3, 0.4) is 0 Å². The minimum absolute atomic E-state index is 0.326. The summed E-state index contributed by atoms with van der Waals surface area (Å²) in [6.45, 7) is 12.1. The van der Waals surface area contributed by atoms with E-state index < -0.39 is 0 Å². The van der Waals surface area contributed by atoms with Crippen LogP contribution in [0.15, 0.2) is 0 Å². The molecule has 0 aromatic rings. The first-order valence-corrected chi connectivity index (χ1v) is 13.0. The van der Waals surface area contributed by atoms with E-state index in [1.54, 1.807) is 0 Å². The zero-order valence-corrected chi connectivity index (χ0v) is 14.6. The van der Waals surface area contributed by atoms with Crippen molar-refractivity contribution in [2.24, 2.45) is 17.8 Å². The van der Waals surface area contributed by atoms with E-state index in [2.05, 4.69) is 34.6 Å². The Labute approximate surface area is 96.3 Å². The zero-order valence-electron chi connectivity index (χ0n) is 11.1.